The molecule has 0 aliphatic heterocycles. The number of amides is 1. The van der Waals surface area contributed by atoms with Crippen LogP contribution in [0.15, 0.2) is 54.6 Å². The number of sulfonamides is 1. The summed E-state index contributed by atoms with van der Waals surface area (Å²) in [5.74, 6) is -0.327. The van der Waals surface area contributed by atoms with Gasteiger partial charge in [0.1, 0.15) is 6.04 Å². The topological polar surface area (TPSA) is 69.7 Å². The van der Waals surface area contributed by atoms with Gasteiger partial charge in [0.25, 0.3) is 0 Å². The molecule has 28 heavy (non-hydrogen) atoms. The Balaban J connectivity index is 2.03. The average molecular weight is 404 g/mol. The van der Waals surface area contributed by atoms with Crippen LogP contribution in [0.3, 0.4) is 0 Å². The van der Waals surface area contributed by atoms with Gasteiger partial charge in [-0.05, 0) is 43.2 Å². The van der Waals surface area contributed by atoms with Crippen LogP contribution >= 0.6 is 0 Å². The molecule has 152 valence electrons. The Labute approximate surface area is 168 Å². The smallest absolute Gasteiger partial charge is 0.243 e. The van der Waals surface area contributed by atoms with Crippen molar-refractivity contribution in [2.24, 2.45) is 0 Å². The van der Waals surface area contributed by atoms with Crippen molar-refractivity contribution >= 4 is 27.3 Å². The van der Waals surface area contributed by atoms with E-state index in [1.807, 2.05) is 61.3 Å². The van der Waals surface area contributed by atoms with Gasteiger partial charge in [0.05, 0.1) is 11.9 Å². The van der Waals surface area contributed by atoms with Gasteiger partial charge in [-0.25, -0.2) is 8.42 Å². The molecule has 1 atom stereocenters. The predicted molar refractivity (Wildman–Crippen MR) is 115 cm³/mol. The van der Waals surface area contributed by atoms with Gasteiger partial charge in [-0.2, -0.15) is 0 Å². The van der Waals surface area contributed by atoms with Crippen LogP contribution in [-0.2, 0) is 21.2 Å². The van der Waals surface area contributed by atoms with Crippen molar-refractivity contribution in [1.29, 1.82) is 0 Å². The third-order valence-corrected chi connectivity index (χ3v) is 5.87. The fourth-order valence-corrected chi connectivity index (χ4v) is 4.17. The molecule has 0 aliphatic rings. The first-order valence-corrected chi connectivity index (χ1v) is 11.2. The predicted octanol–water partition coefficient (Wildman–Crippen LogP) is 2.66. The minimum absolute atomic E-state index is 0.327. The van der Waals surface area contributed by atoms with Crippen molar-refractivity contribution in [2.45, 2.75) is 26.3 Å². The van der Waals surface area contributed by atoms with E-state index in [-0.39, 0.29) is 5.91 Å². The minimum Gasteiger partial charge on any atom is -0.373 e. The average Bonchev–Trinajstić information content (AvgIpc) is 2.68. The van der Waals surface area contributed by atoms with Gasteiger partial charge in [0.15, 0.2) is 0 Å². The third-order valence-electron chi connectivity index (χ3n) is 4.63. The van der Waals surface area contributed by atoms with Crippen LogP contribution in [0.5, 0.6) is 0 Å². The van der Waals surface area contributed by atoms with E-state index in [0.717, 1.165) is 23.9 Å². The summed E-state index contributed by atoms with van der Waals surface area (Å²) in [7, 11) is -1.66. The molecule has 0 spiro atoms. The number of hydrogen-bond donors (Lipinski definition) is 1. The first-order valence-electron chi connectivity index (χ1n) is 9.36. The molecule has 0 heterocycles. The zero-order valence-electron chi connectivity index (χ0n) is 16.9. The molecule has 0 saturated carbocycles. The van der Waals surface area contributed by atoms with Crippen molar-refractivity contribution in [3.05, 3.63) is 60.2 Å². The Morgan fingerprint density at radius 3 is 2.18 bits per heavy atom. The van der Waals surface area contributed by atoms with E-state index in [9.17, 15) is 13.2 Å². The molecule has 0 saturated heterocycles. The zero-order chi connectivity index (χ0) is 20.7. The molecule has 7 heteroatoms. The largest absolute Gasteiger partial charge is 0.373 e. The Morgan fingerprint density at radius 2 is 1.64 bits per heavy atom. The molecule has 0 unspecified atom stereocenters. The molecular weight excluding hydrogens is 374 g/mol. The highest BCUT2D eigenvalue weighted by Gasteiger charge is 2.28. The monoisotopic (exact) mass is 403 g/mol. The molecule has 0 aromatic heterocycles. The summed E-state index contributed by atoms with van der Waals surface area (Å²) in [5, 5.41) is 2.84. The molecule has 2 aromatic rings. The summed E-state index contributed by atoms with van der Waals surface area (Å²) >= 11 is 0. The standard InChI is InChI=1S/C21H29N3O3S/c1-5-18-11-13-20(14-12-18)24(28(4,26)27)17(2)21(25)22-15-16-23(3)19-9-7-6-8-10-19/h6-14,17H,5,15-16H2,1-4H3,(H,22,25)/t17-/m1/s1. The lowest BCUT2D eigenvalue weighted by Gasteiger charge is -2.28. The van der Waals surface area contributed by atoms with E-state index >= 15 is 0 Å². The maximum atomic E-state index is 12.6. The van der Waals surface area contributed by atoms with Crippen LogP contribution in [0.2, 0.25) is 0 Å². The molecule has 6 nitrogen and oxygen atoms in total. The van der Waals surface area contributed by atoms with E-state index in [4.69, 9.17) is 0 Å². The van der Waals surface area contributed by atoms with Gasteiger partial charge in [-0.15, -0.1) is 0 Å². The highest BCUT2D eigenvalue weighted by Crippen LogP contribution is 2.21. The summed E-state index contributed by atoms with van der Waals surface area (Å²) in [6.07, 6.45) is 1.98. The molecule has 0 fully saturated rings. The maximum absolute atomic E-state index is 12.6. The number of aryl methyl sites for hydroxylation is 1. The van der Waals surface area contributed by atoms with Crippen LogP contribution in [0.25, 0.3) is 0 Å². The number of anilines is 2. The number of nitrogens with zero attached hydrogens (tertiary/aromatic N) is 2. The Hall–Kier alpha value is -2.54. The van der Waals surface area contributed by atoms with Crippen molar-refractivity contribution in [2.75, 3.05) is 35.6 Å². The third kappa shape index (κ3) is 5.73. The number of carbonyl (C=O) groups excluding carboxylic acids is 1. The Morgan fingerprint density at radius 1 is 1.04 bits per heavy atom. The second-order valence-corrected chi connectivity index (χ2v) is 8.66. The molecule has 0 aliphatic carbocycles. The van der Waals surface area contributed by atoms with Gasteiger partial charge in [0, 0.05) is 25.8 Å². The number of carbonyl (C=O) groups is 1. The summed E-state index contributed by atoms with van der Waals surface area (Å²) < 4.78 is 25.8. The summed E-state index contributed by atoms with van der Waals surface area (Å²) in [6.45, 7) is 4.67. The summed E-state index contributed by atoms with van der Waals surface area (Å²) in [4.78, 5) is 14.6. The number of hydrogen-bond acceptors (Lipinski definition) is 4. The number of para-hydroxylation sites is 1. The lowest BCUT2D eigenvalue weighted by atomic mass is 10.1. The highest BCUT2D eigenvalue weighted by atomic mass is 32.2. The van der Waals surface area contributed by atoms with Crippen LogP contribution < -0.4 is 14.5 Å². The molecular formula is C21H29N3O3S. The number of benzene rings is 2. The molecule has 0 bridgehead atoms. The zero-order valence-corrected chi connectivity index (χ0v) is 17.7. The van der Waals surface area contributed by atoms with Crippen molar-refractivity contribution in [3.63, 3.8) is 0 Å². The summed E-state index contributed by atoms with van der Waals surface area (Å²) in [6, 6.07) is 16.3. The van der Waals surface area contributed by atoms with E-state index in [2.05, 4.69) is 5.32 Å². The van der Waals surface area contributed by atoms with Gasteiger partial charge in [-0.1, -0.05) is 37.3 Å². The quantitative estimate of drug-likeness (QED) is 0.699. The second-order valence-electron chi connectivity index (χ2n) is 6.80. The highest BCUT2D eigenvalue weighted by molar-refractivity contribution is 7.92. The van der Waals surface area contributed by atoms with E-state index in [0.29, 0.717) is 18.8 Å². The van der Waals surface area contributed by atoms with Gasteiger partial charge < -0.3 is 10.2 Å². The minimum atomic E-state index is -3.60. The van der Waals surface area contributed by atoms with Crippen LogP contribution in [0, 0.1) is 0 Å². The first kappa shape index (κ1) is 21.8. The maximum Gasteiger partial charge on any atom is 0.243 e. The van der Waals surface area contributed by atoms with Crippen LogP contribution in [0.4, 0.5) is 11.4 Å². The van der Waals surface area contributed by atoms with Crippen molar-refractivity contribution in [1.82, 2.24) is 5.32 Å². The molecule has 1 amide bonds. The molecule has 2 rings (SSSR count). The van der Waals surface area contributed by atoms with Gasteiger partial charge in [0.2, 0.25) is 15.9 Å². The molecule has 0 radical (unpaired) electrons. The van der Waals surface area contributed by atoms with Crippen LogP contribution in [-0.4, -0.2) is 46.8 Å². The number of nitrogens with one attached hydrogen (secondary N) is 1. The van der Waals surface area contributed by atoms with E-state index < -0.39 is 16.1 Å². The lowest BCUT2D eigenvalue weighted by Crippen LogP contribution is -2.49. The van der Waals surface area contributed by atoms with Gasteiger partial charge in [-0.3, -0.25) is 9.10 Å². The lowest BCUT2D eigenvalue weighted by molar-refractivity contribution is -0.121. The van der Waals surface area contributed by atoms with E-state index in [1.54, 1.807) is 19.1 Å². The number of likely N-dealkylation sites (N-methyl/N-ethyl adjacent to an activating group) is 1. The normalized spacial score (nSPS) is 12.3. The number of rotatable bonds is 9. The second kappa shape index (κ2) is 9.59. The van der Waals surface area contributed by atoms with E-state index in [1.165, 1.54) is 4.31 Å². The van der Waals surface area contributed by atoms with Gasteiger partial charge >= 0.3 is 0 Å². The molecule has 1 N–H and O–H groups in total. The first-order chi connectivity index (χ1) is 13.2. The Kier molecular flexibility index (Phi) is 7.45. The fourth-order valence-electron chi connectivity index (χ4n) is 2.99. The molecule has 2 aromatic carbocycles. The summed E-state index contributed by atoms with van der Waals surface area (Å²) in [5.41, 5.74) is 2.65. The van der Waals surface area contributed by atoms with Crippen molar-refractivity contribution < 1.29 is 13.2 Å². The van der Waals surface area contributed by atoms with Crippen LogP contribution in [0.1, 0.15) is 19.4 Å². The SMILES string of the molecule is CCc1ccc(N([C@H](C)C(=O)NCCN(C)c2ccccc2)S(C)(=O)=O)cc1. The fraction of sp³-hybridized carbons (Fsp3) is 0.381. The van der Waals surface area contributed by atoms with Crippen molar-refractivity contribution in [3.8, 4) is 0 Å². The Bertz CT molecular complexity index is 868.